The van der Waals surface area contributed by atoms with Gasteiger partial charge in [-0.05, 0) is 25.1 Å². The Hall–Kier alpha value is -2.90. The SMILES string of the molecule is CCOC(=O)c1nc2c(Cl)c(C(=O)O)ccc2n1-c1csc2ccccc12. The van der Waals surface area contributed by atoms with E-state index in [2.05, 4.69) is 4.98 Å². The van der Waals surface area contributed by atoms with E-state index in [0.717, 1.165) is 15.8 Å². The van der Waals surface area contributed by atoms with Crippen LogP contribution in [0.1, 0.15) is 27.9 Å². The van der Waals surface area contributed by atoms with Crippen molar-refractivity contribution in [1.82, 2.24) is 9.55 Å². The predicted octanol–water partition coefficient (Wildman–Crippen LogP) is 4.77. The first-order valence-corrected chi connectivity index (χ1v) is 9.36. The second-order valence-electron chi connectivity index (χ2n) is 5.71. The third-order valence-corrected chi connectivity index (χ3v) is 5.49. The number of esters is 1. The summed E-state index contributed by atoms with van der Waals surface area (Å²) in [5, 5.41) is 12.2. The fourth-order valence-corrected chi connectivity index (χ4v) is 4.20. The molecule has 8 heteroatoms. The highest BCUT2D eigenvalue weighted by molar-refractivity contribution is 7.17. The molecule has 0 amide bonds. The number of hydrogen-bond donors (Lipinski definition) is 1. The van der Waals surface area contributed by atoms with E-state index in [1.54, 1.807) is 17.6 Å². The van der Waals surface area contributed by atoms with Crippen LogP contribution in [0.25, 0.3) is 26.8 Å². The van der Waals surface area contributed by atoms with Crippen LogP contribution in [-0.2, 0) is 4.74 Å². The number of carboxylic acids is 1. The molecule has 27 heavy (non-hydrogen) atoms. The Labute approximate surface area is 162 Å². The summed E-state index contributed by atoms with van der Waals surface area (Å²) in [6.07, 6.45) is 0. The van der Waals surface area contributed by atoms with E-state index in [4.69, 9.17) is 16.3 Å². The number of carbonyl (C=O) groups is 2. The largest absolute Gasteiger partial charge is 0.478 e. The van der Waals surface area contributed by atoms with Gasteiger partial charge in [-0.1, -0.05) is 29.8 Å². The molecule has 0 atom stereocenters. The topological polar surface area (TPSA) is 81.4 Å². The van der Waals surface area contributed by atoms with Gasteiger partial charge in [-0.2, -0.15) is 0 Å². The molecule has 0 unspecified atom stereocenters. The molecule has 2 heterocycles. The third kappa shape index (κ3) is 2.75. The maximum Gasteiger partial charge on any atom is 0.374 e. The molecule has 0 bridgehead atoms. The second-order valence-corrected chi connectivity index (χ2v) is 7.00. The summed E-state index contributed by atoms with van der Waals surface area (Å²) >= 11 is 7.82. The van der Waals surface area contributed by atoms with Gasteiger partial charge in [0.1, 0.15) is 5.52 Å². The Kier molecular flexibility index (Phi) is 4.33. The Morgan fingerprint density at radius 3 is 2.78 bits per heavy atom. The zero-order valence-corrected chi connectivity index (χ0v) is 15.7. The van der Waals surface area contributed by atoms with Crippen LogP contribution in [-0.4, -0.2) is 33.2 Å². The van der Waals surface area contributed by atoms with Gasteiger partial charge in [0, 0.05) is 15.5 Å². The summed E-state index contributed by atoms with van der Waals surface area (Å²) in [5.41, 5.74) is 1.48. The van der Waals surface area contributed by atoms with Crippen LogP contribution in [0.3, 0.4) is 0 Å². The number of imidazole rings is 1. The lowest BCUT2D eigenvalue weighted by atomic mass is 10.2. The Balaban J connectivity index is 2.08. The smallest absolute Gasteiger partial charge is 0.374 e. The van der Waals surface area contributed by atoms with Crippen molar-refractivity contribution in [1.29, 1.82) is 0 Å². The number of carboxylic acid groups (broad SMARTS) is 1. The van der Waals surface area contributed by atoms with Crippen molar-refractivity contribution in [2.24, 2.45) is 0 Å². The number of halogens is 1. The molecule has 4 aromatic rings. The molecule has 2 aromatic carbocycles. The lowest BCUT2D eigenvalue weighted by Gasteiger charge is -2.08. The minimum atomic E-state index is -1.16. The molecule has 0 aliphatic carbocycles. The van der Waals surface area contributed by atoms with Crippen LogP contribution >= 0.6 is 22.9 Å². The number of thiophene rings is 1. The summed E-state index contributed by atoms with van der Waals surface area (Å²) in [7, 11) is 0. The molecular weight excluding hydrogens is 388 g/mol. The maximum absolute atomic E-state index is 12.5. The fourth-order valence-electron chi connectivity index (χ4n) is 2.99. The molecule has 6 nitrogen and oxygen atoms in total. The normalized spacial score (nSPS) is 11.2. The van der Waals surface area contributed by atoms with Crippen molar-refractivity contribution in [3.05, 3.63) is 58.2 Å². The minimum Gasteiger partial charge on any atom is -0.478 e. The molecule has 0 aliphatic heterocycles. The van der Waals surface area contributed by atoms with E-state index in [1.165, 1.54) is 17.4 Å². The van der Waals surface area contributed by atoms with Crippen LogP contribution in [0.2, 0.25) is 5.02 Å². The van der Waals surface area contributed by atoms with E-state index < -0.39 is 11.9 Å². The van der Waals surface area contributed by atoms with E-state index >= 15 is 0 Å². The molecule has 4 rings (SSSR count). The van der Waals surface area contributed by atoms with E-state index in [0.29, 0.717) is 5.52 Å². The number of benzene rings is 2. The highest BCUT2D eigenvalue weighted by Gasteiger charge is 2.25. The van der Waals surface area contributed by atoms with Gasteiger partial charge in [0.25, 0.3) is 0 Å². The van der Waals surface area contributed by atoms with E-state index in [9.17, 15) is 14.7 Å². The van der Waals surface area contributed by atoms with E-state index in [-0.39, 0.29) is 28.5 Å². The molecular formula is C19H13ClN2O4S. The summed E-state index contributed by atoms with van der Waals surface area (Å²) < 4.78 is 7.87. The lowest BCUT2D eigenvalue weighted by molar-refractivity contribution is 0.0510. The zero-order valence-electron chi connectivity index (χ0n) is 14.1. The lowest BCUT2D eigenvalue weighted by Crippen LogP contribution is -2.12. The van der Waals surface area contributed by atoms with Crippen molar-refractivity contribution in [3.63, 3.8) is 0 Å². The Bertz CT molecular complexity index is 1210. The van der Waals surface area contributed by atoms with Crippen LogP contribution in [0.4, 0.5) is 0 Å². The zero-order chi connectivity index (χ0) is 19.1. The highest BCUT2D eigenvalue weighted by Crippen LogP contribution is 2.35. The first kappa shape index (κ1) is 17.5. The standard InChI is InChI=1S/C19H13ClN2O4S/c1-2-26-19(25)17-21-16-12(8-7-11(15(16)20)18(23)24)22(17)13-9-27-14-6-4-3-5-10(13)14/h3-9H,2H2,1H3,(H,23,24). The van der Waals surface area contributed by atoms with Crippen molar-refractivity contribution in [3.8, 4) is 5.69 Å². The molecule has 0 spiro atoms. The first-order chi connectivity index (χ1) is 13.0. The summed E-state index contributed by atoms with van der Waals surface area (Å²) in [6, 6.07) is 10.8. The van der Waals surface area contributed by atoms with Crippen molar-refractivity contribution in [2.45, 2.75) is 6.92 Å². The van der Waals surface area contributed by atoms with Crippen LogP contribution in [0, 0.1) is 0 Å². The number of carbonyl (C=O) groups excluding carboxylic acids is 1. The molecule has 0 radical (unpaired) electrons. The van der Waals surface area contributed by atoms with Gasteiger partial charge in [-0.3, -0.25) is 4.57 Å². The summed E-state index contributed by atoms with van der Waals surface area (Å²) in [4.78, 5) is 28.3. The fraction of sp³-hybridized carbons (Fsp3) is 0.105. The predicted molar refractivity (Wildman–Crippen MR) is 104 cm³/mol. The highest BCUT2D eigenvalue weighted by atomic mass is 35.5. The minimum absolute atomic E-state index is 0.0103. The summed E-state index contributed by atoms with van der Waals surface area (Å²) in [5.74, 6) is -1.70. The molecule has 0 fully saturated rings. The number of fused-ring (bicyclic) bond motifs is 2. The van der Waals surface area contributed by atoms with Gasteiger partial charge in [-0.15, -0.1) is 11.3 Å². The molecule has 1 N–H and O–H groups in total. The number of nitrogens with zero attached hydrogens (tertiary/aromatic N) is 2. The van der Waals surface area contributed by atoms with Gasteiger partial charge in [0.2, 0.25) is 5.82 Å². The molecule has 0 saturated carbocycles. The van der Waals surface area contributed by atoms with Gasteiger partial charge in [-0.25, -0.2) is 14.6 Å². The van der Waals surface area contributed by atoms with Gasteiger partial charge in [0.15, 0.2) is 0 Å². The first-order valence-electron chi connectivity index (χ1n) is 8.11. The van der Waals surface area contributed by atoms with Crippen molar-refractivity contribution < 1.29 is 19.4 Å². The van der Waals surface area contributed by atoms with Crippen LogP contribution in [0.5, 0.6) is 0 Å². The Morgan fingerprint density at radius 1 is 1.26 bits per heavy atom. The number of rotatable bonds is 4. The number of hydrogen-bond acceptors (Lipinski definition) is 5. The quantitative estimate of drug-likeness (QED) is 0.499. The monoisotopic (exact) mass is 400 g/mol. The number of ether oxygens (including phenoxy) is 1. The van der Waals surface area contributed by atoms with Crippen LogP contribution < -0.4 is 0 Å². The van der Waals surface area contributed by atoms with E-state index in [1.807, 2.05) is 29.6 Å². The number of aromatic nitrogens is 2. The molecule has 0 aliphatic rings. The summed E-state index contributed by atoms with van der Waals surface area (Å²) in [6.45, 7) is 1.90. The average Bonchev–Trinajstić information content (AvgIpc) is 3.23. The average molecular weight is 401 g/mol. The van der Waals surface area contributed by atoms with Crippen molar-refractivity contribution in [2.75, 3.05) is 6.61 Å². The second kappa shape index (κ2) is 6.68. The van der Waals surface area contributed by atoms with Gasteiger partial charge >= 0.3 is 11.9 Å². The maximum atomic E-state index is 12.5. The molecule has 0 saturated heterocycles. The van der Waals surface area contributed by atoms with Gasteiger partial charge < -0.3 is 9.84 Å². The number of aromatic carboxylic acids is 1. The Morgan fingerprint density at radius 2 is 2.04 bits per heavy atom. The molecule has 136 valence electrons. The van der Waals surface area contributed by atoms with Gasteiger partial charge in [0.05, 0.1) is 28.4 Å². The van der Waals surface area contributed by atoms with Crippen LogP contribution in [0.15, 0.2) is 41.8 Å². The molecule has 2 aromatic heterocycles. The third-order valence-electron chi connectivity index (χ3n) is 4.16. The van der Waals surface area contributed by atoms with Crippen molar-refractivity contribution >= 4 is 56.0 Å².